The van der Waals surface area contributed by atoms with Crippen molar-refractivity contribution >= 4 is 7.41 Å². The predicted molar refractivity (Wildman–Crippen MR) is 36.7 cm³/mol. The van der Waals surface area contributed by atoms with E-state index in [9.17, 15) is 0 Å². The van der Waals surface area contributed by atoms with Crippen molar-refractivity contribution in [3.63, 3.8) is 0 Å². The standard InChI is InChI=1S/C4H13BN3/c1-5-7-3-4-8-6-2/h6-8H,3-4H2,1-2H3. The molecule has 0 aliphatic heterocycles. The summed E-state index contributed by atoms with van der Waals surface area (Å²) < 4.78 is 0. The minimum atomic E-state index is 0.945. The van der Waals surface area contributed by atoms with Crippen LogP contribution in [0.25, 0.3) is 0 Å². The van der Waals surface area contributed by atoms with Crippen LogP contribution in [0.2, 0.25) is 6.82 Å². The molecule has 0 spiro atoms. The molecule has 0 saturated carbocycles. The van der Waals surface area contributed by atoms with Gasteiger partial charge in [-0.25, -0.2) is 0 Å². The molecular formula is C4H13BN3. The molecule has 4 heteroatoms. The van der Waals surface area contributed by atoms with Crippen molar-refractivity contribution in [3.05, 3.63) is 0 Å². The summed E-state index contributed by atoms with van der Waals surface area (Å²) >= 11 is 0. The van der Waals surface area contributed by atoms with Crippen molar-refractivity contribution in [1.29, 1.82) is 0 Å². The first-order valence-corrected chi connectivity index (χ1v) is 2.82. The van der Waals surface area contributed by atoms with Gasteiger partial charge in [0.1, 0.15) is 0 Å². The molecule has 3 nitrogen and oxygen atoms in total. The van der Waals surface area contributed by atoms with Gasteiger partial charge in [0.05, 0.1) is 0 Å². The smallest absolute Gasteiger partial charge is 0.201 e. The minimum absolute atomic E-state index is 0.945. The summed E-state index contributed by atoms with van der Waals surface area (Å²) in [6.07, 6.45) is 0. The van der Waals surface area contributed by atoms with Crippen LogP contribution in [0.1, 0.15) is 0 Å². The zero-order valence-electron chi connectivity index (χ0n) is 5.49. The molecule has 0 aliphatic carbocycles. The Hall–Kier alpha value is -0.0551. The SMILES string of the molecule is C[B]NCCNNC. The molecule has 0 bridgehead atoms. The molecule has 0 aromatic heterocycles. The summed E-state index contributed by atoms with van der Waals surface area (Å²) in [6, 6.07) is 0. The third kappa shape index (κ3) is 5.94. The quantitative estimate of drug-likeness (QED) is 0.243. The van der Waals surface area contributed by atoms with Crippen molar-refractivity contribution < 1.29 is 0 Å². The van der Waals surface area contributed by atoms with Gasteiger partial charge in [-0.3, -0.25) is 10.9 Å². The van der Waals surface area contributed by atoms with Gasteiger partial charge < -0.3 is 5.23 Å². The zero-order chi connectivity index (χ0) is 6.24. The zero-order valence-corrected chi connectivity index (χ0v) is 5.49. The van der Waals surface area contributed by atoms with E-state index < -0.39 is 0 Å². The van der Waals surface area contributed by atoms with Crippen molar-refractivity contribution in [2.45, 2.75) is 6.82 Å². The summed E-state index contributed by atoms with van der Waals surface area (Å²) in [6.45, 7) is 3.89. The van der Waals surface area contributed by atoms with Crippen LogP contribution >= 0.6 is 0 Å². The molecule has 0 atom stereocenters. The van der Waals surface area contributed by atoms with E-state index >= 15 is 0 Å². The van der Waals surface area contributed by atoms with Crippen LogP contribution in [0.15, 0.2) is 0 Å². The second-order valence-electron chi connectivity index (χ2n) is 1.42. The molecular weight excluding hydrogens is 101 g/mol. The molecule has 3 N–H and O–H groups in total. The molecule has 0 aromatic carbocycles. The Bertz CT molecular complexity index is 36.3. The molecule has 0 amide bonds. The van der Waals surface area contributed by atoms with E-state index in [1.54, 1.807) is 0 Å². The van der Waals surface area contributed by atoms with Crippen molar-refractivity contribution in [3.8, 4) is 0 Å². The van der Waals surface area contributed by atoms with E-state index in [-0.39, 0.29) is 0 Å². The van der Waals surface area contributed by atoms with Gasteiger partial charge in [0.25, 0.3) is 0 Å². The highest BCUT2D eigenvalue weighted by molar-refractivity contribution is 6.29. The first-order valence-electron chi connectivity index (χ1n) is 2.82. The van der Waals surface area contributed by atoms with E-state index in [2.05, 4.69) is 16.1 Å². The van der Waals surface area contributed by atoms with Gasteiger partial charge in [-0.15, -0.1) is 0 Å². The van der Waals surface area contributed by atoms with Crippen molar-refractivity contribution in [1.82, 2.24) is 16.1 Å². The molecule has 0 aromatic rings. The molecule has 8 heavy (non-hydrogen) atoms. The summed E-state index contributed by atoms with van der Waals surface area (Å²) in [5.74, 6) is 0. The lowest BCUT2D eigenvalue weighted by Gasteiger charge is -2.00. The van der Waals surface area contributed by atoms with E-state index in [0.29, 0.717) is 0 Å². The van der Waals surface area contributed by atoms with Gasteiger partial charge in [0.2, 0.25) is 7.41 Å². The Morgan fingerprint density at radius 2 is 2.12 bits per heavy atom. The van der Waals surface area contributed by atoms with Crippen LogP contribution < -0.4 is 16.1 Å². The molecule has 0 aliphatic rings. The summed E-state index contributed by atoms with van der Waals surface area (Å²) in [5.41, 5.74) is 5.77. The van der Waals surface area contributed by atoms with Crippen LogP contribution in [0.4, 0.5) is 0 Å². The van der Waals surface area contributed by atoms with Gasteiger partial charge in [0.15, 0.2) is 0 Å². The lowest BCUT2D eigenvalue weighted by Crippen LogP contribution is -2.35. The molecule has 0 saturated heterocycles. The predicted octanol–water partition coefficient (Wildman–Crippen LogP) is -1.03. The lowest BCUT2D eigenvalue weighted by molar-refractivity contribution is 0.594. The first kappa shape index (κ1) is 7.94. The van der Waals surface area contributed by atoms with Gasteiger partial charge in [0, 0.05) is 6.54 Å². The fourth-order valence-corrected chi connectivity index (χ4v) is 0.404. The van der Waals surface area contributed by atoms with Gasteiger partial charge in [-0.05, 0) is 13.6 Å². The average molecular weight is 114 g/mol. The minimum Gasteiger partial charge on any atom is -0.359 e. The van der Waals surface area contributed by atoms with Gasteiger partial charge in [-0.1, -0.05) is 6.82 Å². The fourth-order valence-electron chi connectivity index (χ4n) is 0.404. The Balaban J connectivity index is 2.53. The monoisotopic (exact) mass is 114 g/mol. The maximum Gasteiger partial charge on any atom is 0.201 e. The van der Waals surface area contributed by atoms with E-state index in [1.807, 2.05) is 21.3 Å². The molecule has 0 unspecified atom stereocenters. The Morgan fingerprint density at radius 3 is 2.62 bits per heavy atom. The largest absolute Gasteiger partial charge is 0.359 e. The number of rotatable bonds is 5. The van der Waals surface area contributed by atoms with Crippen LogP contribution in [0.3, 0.4) is 0 Å². The molecule has 0 heterocycles. The van der Waals surface area contributed by atoms with Gasteiger partial charge in [-0.2, -0.15) is 0 Å². The number of hydrogen-bond donors (Lipinski definition) is 3. The highest BCUT2D eigenvalue weighted by Gasteiger charge is 1.79. The average Bonchev–Trinajstić information content (AvgIpc) is 1.81. The second-order valence-corrected chi connectivity index (χ2v) is 1.42. The third-order valence-electron chi connectivity index (χ3n) is 0.775. The normalized spacial score (nSPS) is 9.25. The number of hydrazine groups is 1. The molecule has 0 fully saturated rings. The summed E-state index contributed by atoms with van der Waals surface area (Å²) in [5, 5.41) is 3.06. The van der Waals surface area contributed by atoms with Crippen LogP contribution in [0, 0.1) is 0 Å². The second kappa shape index (κ2) is 6.94. The first-order chi connectivity index (χ1) is 3.91. The van der Waals surface area contributed by atoms with Crippen LogP contribution in [0.5, 0.6) is 0 Å². The molecule has 47 valence electrons. The van der Waals surface area contributed by atoms with Crippen molar-refractivity contribution in [2.75, 3.05) is 20.1 Å². The summed E-state index contributed by atoms with van der Waals surface area (Å²) in [4.78, 5) is 0. The fraction of sp³-hybridized carbons (Fsp3) is 1.00. The van der Waals surface area contributed by atoms with E-state index in [0.717, 1.165) is 13.1 Å². The van der Waals surface area contributed by atoms with E-state index in [1.165, 1.54) is 0 Å². The maximum atomic E-state index is 3.06. The third-order valence-corrected chi connectivity index (χ3v) is 0.775. The van der Waals surface area contributed by atoms with E-state index in [4.69, 9.17) is 0 Å². The maximum absolute atomic E-state index is 3.06. The lowest BCUT2D eigenvalue weighted by atomic mass is 10.0. The Morgan fingerprint density at radius 1 is 1.38 bits per heavy atom. The molecule has 1 radical (unpaired) electrons. The Labute approximate surface area is 51.5 Å². The number of nitrogens with one attached hydrogen (secondary N) is 3. The highest BCUT2D eigenvalue weighted by Crippen LogP contribution is 1.50. The molecule has 0 rings (SSSR count). The van der Waals surface area contributed by atoms with Crippen LogP contribution in [-0.4, -0.2) is 27.6 Å². The van der Waals surface area contributed by atoms with Crippen LogP contribution in [-0.2, 0) is 0 Å². The van der Waals surface area contributed by atoms with Crippen molar-refractivity contribution in [2.24, 2.45) is 0 Å². The van der Waals surface area contributed by atoms with Gasteiger partial charge >= 0.3 is 0 Å². The summed E-state index contributed by atoms with van der Waals surface area (Å²) in [7, 11) is 3.78. The Kier molecular flexibility index (Phi) is 6.90. The topological polar surface area (TPSA) is 36.1 Å². The highest BCUT2D eigenvalue weighted by atomic mass is 15.3. The number of hydrogen-bond acceptors (Lipinski definition) is 3.